The molecule has 0 radical (unpaired) electrons. The minimum absolute atomic E-state index is 0.0534. The maximum Gasteiger partial charge on any atom is 0.306 e. The molecule has 3 fully saturated rings. The number of carbonyl (C=O) groups excluding carboxylic acids is 2. The van der Waals surface area contributed by atoms with Crippen molar-refractivity contribution in [2.45, 2.75) is 57.7 Å². The minimum Gasteiger partial charge on any atom is -0.459 e. The van der Waals surface area contributed by atoms with Crippen molar-refractivity contribution in [3.63, 3.8) is 0 Å². The van der Waals surface area contributed by atoms with Crippen molar-refractivity contribution in [1.82, 2.24) is 0 Å². The number of ketones is 1. The van der Waals surface area contributed by atoms with Gasteiger partial charge < -0.3 is 9.84 Å². The van der Waals surface area contributed by atoms with Crippen molar-refractivity contribution in [3.05, 3.63) is 23.8 Å². The van der Waals surface area contributed by atoms with Gasteiger partial charge in [-0.1, -0.05) is 18.6 Å². The topological polar surface area (TPSA) is 63.6 Å². The molecule has 0 bridgehead atoms. The van der Waals surface area contributed by atoms with Crippen LogP contribution in [0.2, 0.25) is 0 Å². The fraction of sp³-hybridized carbons (Fsp3) is 0.684. The van der Waals surface area contributed by atoms with Gasteiger partial charge in [-0.15, -0.1) is 0 Å². The van der Waals surface area contributed by atoms with Gasteiger partial charge in [-0.3, -0.25) is 9.59 Å². The zero-order valence-corrected chi connectivity index (χ0v) is 13.7. The third-order valence-corrected chi connectivity index (χ3v) is 6.84. The SMILES string of the molecule is C[C@@]12C[C@@H](O)[C@@H]3[C@H](CCC4=CC(=O)C=C[C@]43C)[C@@H]1CCC(=O)O2. The van der Waals surface area contributed by atoms with Crippen LogP contribution in [-0.4, -0.2) is 28.6 Å². The Balaban J connectivity index is 1.73. The van der Waals surface area contributed by atoms with E-state index in [2.05, 4.69) is 6.92 Å². The third kappa shape index (κ3) is 2.07. The van der Waals surface area contributed by atoms with E-state index >= 15 is 0 Å². The first-order chi connectivity index (χ1) is 10.8. The second kappa shape index (κ2) is 4.79. The molecule has 0 aromatic carbocycles. The summed E-state index contributed by atoms with van der Waals surface area (Å²) >= 11 is 0. The highest BCUT2D eigenvalue weighted by atomic mass is 16.6. The molecule has 1 aliphatic heterocycles. The van der Waals surface area contributed by atoms with Gasteiger partial charge in [-0.05, 0) is 44.3 Å². The Kier molecular flexibility index (Phi) is 3.15. The van der Waals surface area contributed by atoms with Gasteiger partial charge in [0.05, 0.1) is 6.10 Å². The van der Waals surface area contributed by atoms with Crippen molar-refractivity contribution in [2.75, 3.05) is 0 Å². The summed E-state index contributed by atoms with van der Waals surface area (Å²) in [4.78, 5) is 23.5. The van der Waals surface area contributed by atoms with Crippen LogP contribution in [0.25, 0.3) is 0 Å². The Morgan fingerprint density at radius 1 is 1.22 bits per heavy atom. The van der Waals surface area contributed by atoms with E-state index < -0.39 is 11.7 Å². The highest BCUT2D eigenvalue weighted by Crippen LogP contribution is 2.60. The molecule has 4 heteroatoms. The number of esters is 1. The molecule has 3 aliphatic carbocycles. The third-order valence-electron chi connectivity index (χ3n) is 6.84. The van der Waals surface area contributed by atoms with Crippen molar-refractivity contribution in [3.8, 4) is 0 Å². The first kappa shape index (κ1) is 15.1. The molecule has 0 amide bonds. The molecular weight excluding hydrogens is 292 g/mol. The Morgan fingerprint density at radius 2 is 2.00 bits per heavy atom. The average molecular weight is 316 g/mol. The molecule has 1 heterocycles. The summed E-state index contributed by atoms with van der Waals surface area (Å²) in [5.41, 5.74) is 0.363. The summed E-state index contributed by atoms with van der Waals surface area (Å²) in [6.07, 6.45) is 8.57. The van der Waals surface area contributed by atoms with Crippen LogP contribution in [-0.2, 0) is 14.3 Å². The van der Waals surface area contributed by atoms with Gasteiger partial charge in [0, 0.05) is 30.1 Å². The molecule has 0 spiro atoms. The Hall–Kier alpha value is -1.42. The Morgan fingerprint density at radius 3 is 2.78 bits per heavy atom. The van der Waals surface area contributed by atoms with Gasteiger partial charge in [-0.25, -0.2) is 0 Å². The molecule has 4 nitrogen and oxygen atoms in total. The molecule has 124 valence electrons. The van der Waals surface area contributed by atoms with E-state index in [4.69, 9.17) is 4.74 Å². The Labute approximate surface area is 136 Å². The smallest absolute Gasteiger partial charge is 0.306 e. The molecule has 2 saturated carbocycles. The maximum atomic E-state index is 11.8. The number of ether oxygens (including phenoxy) is 1. The number of aliphatic hydroxyl groups excluding tert-OH is 1. The zero-order valence-electron chi connectivity index (χ0n) is 13.7. The number of hydrogen-bond donors (Lipinski definition) is 1. The van der Waals surface area contributed by atoms with Crippen molar-refractivity contribution >= 4 is 11.8 Å². The number of fused-ring (bicyclic) bond motifs is 5. The second-order valence-electron chi connectivity index (χ2n) is 8.12. The standard InChI is InChI=1S/C19H24O4/c1-18-8-7-12(20)9-11(18)3-4-13-14-5-6-16(22)23-19(14,2)10-15(21)17(13)18/h7-9,13-15,17,21H,3-6,10H2,1-2H3/t13-,14+,15-,17+,18-,19-/m1/s1. The summed E-state index contributed by atoms with van der Waals surface area (Å²) in [5.74, 6) is 0.648. The lowest BCUT2D eigenvalue weighted by atomic mass is 9.48. The monoisotopic (exact) mass is 316 g/mol. The molecule has 6 atom stereocenters. The second-order valence-corrected chi connectivity index (χ2v) is 8.12. The molecule has 1 N–H and O–H groups in total. The van der Waals surface area contributed by atoms with Crippen molar-refractivity contribution in [1.29, 1.82) is 0 Å². The Bertz CT molecular complexity index is 633. The van der Waals surface area contributed by atoms with Crippen LogP contribution >= 0.6 is 0 Å². The average Bonchev–Trinajstić information content (AvgIpc) is 2.46. The molecule has 4 rings (SSSR count). The lowest BCUT2D eigenvalue weighted by Gasteiger charge is -2.59. The van der Waals surface area contributed by atoms with Crippen LogP contribution in [0.15, 0.2) is 23.8 Å². The number of allylic oxidation sites excluding steroid dienone is 4. The highest BCUT2D eigenvalue weighted by molar-refractivity contribution is 6.01. The summed E-state index contributed by atoms with van der Waals surface area (Å²) in [7, 11) is 0. The molecule has 23 heavy (non-hydrogen) atoms. The molecule has 0 unspecified atom stereocenters. The number of hydrogen-bond acceptors (Lipinski definition) is 4. The van der Waals surface area contributed by atoms with Crippen LogP contribution < -0.4 is 0 Å². The van der Waals surface area contributed by atoms with Crippen LogP contribution in [0.3, 0.4) is 0 Å². The van der Waals surface area contributed by atoms with E-state index in [1.807, 2.05) is 13.0 Å². The number of rotatable bonds is 0. The van der Waals surface area contributed by atoms with E-state index in [0.717, 1.165) is 24.8 Å². The summed E-state index contributed by atoms with van der Waals surface area (Å²) in [6.45, 7) is 4.14. The molecule has 4 aliphatic rings. The highest BCUT2D eigenvalue weighted by Gasteiger charge is 2.60. The van der Waals surface area contributed by atoms with E-state index in [1.165, 1.54) is 0 Å². The predicted octanol–water partition coefficient (Wildman–Crippen LogP) is 2.56. The van der Waals surface area contributed by atoms with Crippen LogP contribution in [0.1, 0.15) is 46.0 Å². The summed E-state index contributed by atoms with van der Waals surface area (Å²) in [6, 6.07) is 0. The van der Waals surface area contributed by atoms with Crippen LogP contribution in [0, 0.1) is 23.2 Å². The van der Waals surface area contributed by atoms with E-state index in [1.54, 1.807) is 12.2 Å². The van der Waals surface area contributed by atoms with E-state index in [-0.39, 0.29) is 23.1 Å². The molecule has 0 aromatic heterocycles. The normalized spacial score (nSPS) is 48.7. The zero-order chi connectivity index (χ0) is 16.4. The number of aliphatic hydroxyl groups is 1. The van der Waals surface area contributed by atoms with Gasteiger partial charge >= 0.3 is 5.97 Å². The largest absolute Gasteiger partial charge is 0.459 e. The van der Waals surface area contributed by atoms with Gasteiger partial charge in [0.25, 0.3) is 0 Å². The fourth-order valence-electron chi connectivity index (χ4n) is 5.85. The lowest BCUT2D eigenvalue weighted by molar-refractivity contribution is -0.209. The first-order valence-corrected chi connectivity index (χ1v) is 8.68. The van der Waals surface area contributed by atoms with Crippen molar-refractivity contribution in [2.24, 2.45) is 23.2 Å². The van der Waals surface area contributed by atoms with Crippen LogP contribution in [0.5, 0.6) is 0 Å². The predicted molar refractivity (Wildman–Crippen MR) is 84.4 cm³/mol. The summed E-state index contributed by atoms with van der Waals surface area (Å²) < 4.78 is 5.70. The number of carbonyl (C=O) groups is 2. The van der Waals surface area contributed by atoms with E-state index in [0.29, 0.717) is 24.7 Å². The van der Waals surface area contributed by atoms with Crippen molar-refractivity contribution < 1.29 is 19.4 Å². The maximum absolute atomic E-state index is 11.8. The quantitative estimate of drug-likeness (QED) is 0.698. The molecule has 0 aromatic rings. The molecular formula is C19H24O4. The molecule has 1 saturated heterocycles. The van der Waals surface area contributed by atoms with Gasteiger partial charge in [0.2, 0.25) is 0 Å². The van der Waals surface area contributed by atoms with Gasteiger partial charge in [0.1, 0.15) is 5.60 Å². The van der Waals surface area contributed by atoms with E-state index in [9.17, 15) is 14.7 Å². The lowest BCUT2D eigenvalue weighted by Crippen LogP contribution is -2.61. The minimum atomic E-state index is -0.540. The van der Waals surface area contributed by atoms with Crippen LogP contribution in [0.4, 0.5) is 0 Å². The van der Waals surface area contributed by atoms with Gasteiger partial charge in [-0.2, -0.15) is 0 Å². The fourth-order valence-corrected chi connectivity index (χ4v) is 5.85. The first-order valence-electron chi connectivity index (χ1n) is 8.68. The van der Waals surface area contributed by atoms with Gasteiger partial charge in [0.15, 0.2) is 5.78 Å². The summed E-state index contributed by atoms with van der Waals surface area (Å²) in [5, 5.41) is 10.9.